The number of aliphatic carboxylic acids is 2. The van der Waals surface area contributed by atoms with Gasteiger partial charge in [-0.05, 0) is 0 Å². The quantitative estimate of drug-likeness (QED) is 0.110. The van der Waals surface area contributed by atoms with Gasteiger partial charge in [0, 0.05) is 5.75 Å². The summed E-state index contributed by atoms with van der Waals surface area (Å²) < 4.78 is 0. The Hall–Kier alpha value is -3.40. The number of nitrogens with one attached hydrogen (secondary N) is 3. The van der Waals surface area contributed by atoms with Gasteiger partial charge in [-0.2, -0.15) is 12.6 Å². The first kappa shape index (κ1) is 27.6. The summed E-state index contributed by atoms with van der Waals surface area (Å²) in [5, 5.41) is 23.9. The van der Waals surface area contributed by atoms with Crippen LogP contribution in [0.25, 0.3) is 0 Å². The van der Waals surface area contributed by atoms with E-state index < -0.39 is 84.9 Å². The Labute approximate surface area is 180 Å². The lowest BCUT2D eigenvalue weighted by atomic mass is 10.1. The standard InChI is InChI=1S/C15H24N6O9S/c16-5(1-9(17)22)12(26)21-8(4-31)14(28)19-6(2-10(18)23)13(27)20-7(15(29)30)3-11(24)25/h5-8,31H,1-4,16H2,(H2,17,22)(H2,18,23)(H,19,28)(H,20,27)(H,21,26)(H,24,25)(H,29,30). The number of hydrogen-bond donors (Lipinski definition) is 9. The molecule has 0 saturated heterocycles. The molecule has 0 saturated carbocycles. The molecule has 31 heavy (non-hydrogen) atoms. The fourth-order valence-electron chi connectivity index (χ4n) is 2.11. The Kier molecular flexibility index (Phi) is 11.6. The molecule has 0 aromatic carbocycles. The van der Waals surface area contributed by atoms with Gasteiger partial charge in [0.15, 0.2) is 0 Å². The predicted molar refractivity (Wildman–Crippen MR) is 105 cm³/mol. The van der Waals surface area contributed by atoms with Gasteiger partial charge in [0.2, 0.25) is 29.5 Å². The molecular formula is C15H24N6O9S. The second-order valence-electron chi connectivity index (χ2n) is 6.25. The number of carboxylic acid groups (broad SMARTS) is 2. The predicted octanol–water partition coefficient (Wildman–Crippen LogP) is -4.99. The van der Waals surface area contributed by atoms with E-state index in [1.165, 1.54) is 0 Å². The highest BCUT2D eigenvalue weighted by Crippen LogP contribution is 2.00. The molecule has 4 unspecified atom stereocenters. The molecule has 15 nitrogen and oxygen atoms in total. The molecule has 0 aliphatic carbocycles. The van der Waals surface area contributed by atoms with E-state index in [0.717, 1.165) is 0 Å². The number of nitrogens with two attached hydrogens (primary N) is 3. The summed E-state index contributed by atoms with van der Waals surface area (Å²) in [6.07, 6.45) is -2.23. The lowest BCUT2D eigenvalue weighted by Gasteiger charge is -2.23. The van der Waals surface area contributed by atoms with Crippen molar-refractivity contribution in [2.24, 2.45) is 17.2 Å². The van der Waals surface area contributed by atoms with Gasteiger partial charge in [0.05, 0.1) is 25.3 Å². The van der Waals surface area contributed by atoms with Gasteiger partial charge in [0.25, 0.3) is 0 Å². The highest BCUT2D eigenvalue weighted by atomic mass is 32.1. The number of amides is 5. The average molecular weight is 464 g/mol. The Morgan fingerprint density at radius 3 is 1.58 bits per heavy atom. The molecule has 0 aliphatic rings. The van der Waals surface area contributed by atoms with Crippen molar-refractivity contribution in [3.63, 3.8) is 0 Å². The summed E-state index contributed by atoms with van der Waals surface area (Å²) in [6, 6.07) is -6.25. The number of thiol groups is 1. The maximum atomic E-state index is 12.4. The van der Waals surface area contributed by atoms with Crippen molar-refractivity contribution in [1.29, 1.82) is 0 Å². The normalized spacial score (nSPS) is 14.3. The van der Waals surface area contributed by atoms with E-state index in [0.29, 0.717) is 0 Å². The molecule has 0 spiro atoms. The lowest BCUT2D eigenvalue weighted by molar-refractivity contribution is -0.147. The van der Waals surface area contributed by atoms with E-state index in [2.05, 4.69) is 23.3 Å². The average Bonchev–Trinajstić information content (AvgIpc) is 2.62. The Bertz CT molecular complexity index is 746. The van der Waals surface area contributed by atoms with Crippen LogP contribution >= 0.6 is 12.6 Å². The van der Waals surface area contributed by atoms with Gasteiger partial charge in [-0.3, -0.25) is 28.8 Å². The highest BCUT2D eigenvalue weighted by Gasteiger charge is 2.31. The van der Waals surface area contributed by atoms with Crippen molar-refractivity contribution in [3.8, 4) is 0 Å². The van der Waals surface area contributed by atoms with E-state index in [1.54, 1.807) is 0 Å². The fourth-order valence-corrected chi connectivity index (χ4v) is 2.37. The summed E-state index contributed by atoms with van der Waals surface area (Å²) in [4.78, 5) is 80.5. The van der Waals surface area contributed by atoms with Crippen molar-refractivity contribution in [3.05, 3.63) is 0 Å². The smallest absolute Gasteiger partial charge is 0.326 e. The van der Waals surface area contributed by atoms with Crippen LogP contribution in [0.5, 0.6) is 0 Å². The molecule has 11 N–H and O–H groups in total. The molecule has 0 fully saturated rings. The van der Waals surface area contributed by atoms with Crippen LogP contribution in [0.15, 0.2) is 0 Å². The largest absolute Gasteiger partial charge is 0.481 e. The minimum absolute atomic E-state index is 0.289. The first-order valence-electron chi connectivity index (χ1n) is 8.57. The number of hydrogen-bond acceptors (Lipinski definition) is 9. The Morgan fingerprint density at radius 2 is 1.16 bits per heavy atom. The molecule has 0 rings (SSSR count). The highest BCUT2D eigenvalue weighted by molar-refractivity contribution is 7.80. The molecular weight excluding hydrogens is 440 g/mol. The Morgan fingerprint density at radius 1 is 0.710 bits per heavy atom. The molecule has 0 heterocycles. The zero-order chi connectivity index (χ0) is 24.3. The molecule has 0 radical (unpaired) electrons. The Balaban J connectivity index is 5.32. The first-order chi connectivity index (χ1) is 14.3. The molecule has 4 atom stereocenters. The van der Waals surface area contributed by atoms with Crippen LogP contribution in [0.2, 0.25) is 0 Å². The molecule has 174 valence electrons. The monoisotopic (exact) mass is 464 g/mol. The van der Waals surface area contributed by atoms with Crippen molar-refractivity contribution in [2.45, 2.75) is 43.4 Å². The van der Waals surface area contributed by atoms with Crippen LogP contribution in [0, 0.1) is 0 Å². The molecule has 0 aromatic heterocycles. The minimum atomic E-state index is -1.84. The number of carboxylic acids is 2. The summed E-state index contributed by atoms with van der Waals surface area (Å²) in [6.45, 7) is 0. The van der Waals surface area contributed by atoms with Gasteiger partial charge in [-0.25, -0.2) is 4.79 Å². The van der Waals surface area contributed by atoms with Gasteiger partial charge < -0.3 is 43.4 Å². The first-order valence-corrected chi connectivity index (χ1v) is 9.20. The summed E-state index contributed by atoms with van der Waals surface area (Å²) in [7, 11) is 0. The minimum Gasteiger partial charge on any atom is -0.481 e. The molecule has 0 aromatic rings. The van der Waals surface area contributed by atoms with Gasteiger partial charge in [-0.1, -0.05) is 0 Å². The zero-order valence-electron chi connectivity index (χ0n) is 16.1. The topological polar surface area (TPSA) is 274 Å². The maximum absolute atomic E-state index is 12.4. The molecule has 5 amide bonds. The van der Waals surface area contributed by atoms with E-state index >= 15 is 0 Å². The van der Waals surface area contributed by atoms with E-state index in [-0.39, 0.29) is 5.75 Å². The number of rotatable bonds is 14. The van der Waals surface area contributed by atoms with E-state index in [1.807, 2.05) is 5.32 Å². The summed E-state index contributed by atoms with van der Waals surface area (Å²) in [5.74, 6) is -8.50. The van der Waals surface area contributed by atoms with Gasteiger partial charge >= 0.3 is 11.9 Å². The number of primary amides is 2. The second kappa shape index (κ2) is 13.0. The third-order valence-corrected chi connectivity index (χ3v) is 3.97. The van der Waals surface area contributed by atoms with Gasteiger partial charge in [0.1, 0.15) is 18.1 Å². The van der Waals surface area contributed by atoms with Crippen LogP contribution in [0.1, 0.15) is 19.3 Å². The van der Waals surface area contributed by atoms with Crippen molar-refractivity contribution < 1.29 is 43.8 Å². The SMILES string of the molecule is NC(=O)CC(N)C(=O)NC(CS)C(=O)NC(CC(N)=O)C(=O)NC(CC(=O)O)C(=O)O. The second-order valence-corrected chi connectivity index (χ2v) is 6.61. The number of carbonyl (C=O) groups is 7. The third kappa shape index (κ3) is 10.8. The number of carbonyl (C=O) groups excluding carboxylic acids is 5. The fraction of sp³-hybridized carbons (Fsp3) is 0.533. The van der Waals surface area contributed by atoms with Crippen LogP contribution < -0.4 is 33.2 Å². The van der Waals surface area contributed by atoms with Crippen LogP contribution in [0.4, 0.5) is 0 Å². The van der Waals surface area contributed by atoms with Crippen LogP contribution in [-0.2, 0) is 33.6 Å². The van der Waals surface area contributed by atoms with Gasteiger partial charge in [-0.15, -0.1) is 0 Å². The van der Waals surface area contributed by atoms with E-state index in [4.69, 9.17) is 27.4 Å². The van der Waals surface area contributed by atoms with Crippen molar-refractivity contribution in [2.75, 3.05) is 5.75 Å². The van der Waals surface area contributed by atoms with E-state index in [9.17, 15) is 33.6 Å². The van der Waals surface area contributed by atoms with Crippen molar-refractivity contribution >= 4 is 54.1 Å². The molecule has 0 aliphatic heterocycles. The third-order valence-electron chi connectivity index (χ3n) is 3.61. The van der Waals surface area contributed by atoms with Crippen LogP contribution in [-0.4, -0.2) is 81.6 Å². The molecule has 0 bridgehead atoms. The van der Waals surface area contributed by atoms with Crippen LogP contribution in [0.3, 0.4) is 0 Å². The zero-order valence-corrected chi connectivity index (χ0v) is 17.0. The maximum Gasteiger partial charge on any atom is 0.326 e. The molecule has 16 heteroatoms. The lowest BCUT2D eigenvalue weighted by Crippen LogP contribution is -2.58. The summed E-state index contributed by atoms with van der Waals surface area (Å²) >= 11 is 3.89. The van der Waals surface area contributed by atoms with Crippen molar-refractivity contribution in [1.82, 2.24) is 16.0 Å². The summed E-state index contributed by atoms with van der Waals surface area (Å²) in [5.41, 5.74) is 15.4.